The molecule has 0 aliphatic heterocycles. The number of alkyl halides is 5. The van der Waals surface area contributed by atoms with Gasteiger partial charge in [0.05, 0.1) is 41.8 Å². The Morgan fingerprint density at radius 3 is 2.33 bits per heavy atom. The highest BCUT2D eigenvalue weighted by molar-refractivity contribution is 6.39. The van der Waals surface area contributed by atoms with Gasteiger partial charge in [0.1, 0.15) is 11.4 Å². The number of amides is 3. The zero-order valence-electron chi connectivity index (χ0n) is 23.7. The predicted octanol–water partition coefficient (Wildman–Crippen LogP) is 5.85. The van der Waals surface area contributed by atoms with Crippen LogP contribution in [0, 0.1) is 0 Å². The van der Waals surface area contributed by atoms with Crippen LogP contribution in [0.15, 0.2) is 30.6 Å². The molecule has 10 nitrogen and oxygen atoms in total. The second kappa shape index (κ2) is 12.8. The molecule has 3 amide bonds. The minimum Gasteiger partial charge on any atom is -0.444 e. The quantitative estimate of drug-likeness (QED) is 0.283. The van der Waals surface area contributed by atoms with Crippen molar-refractivity contribution in [3.63, 3.8) is 0 Å². The van der Waals surface area contributed by atoms with Gasteiger partial charge in [0, 0.05) is 11.8 Å². The highest BCUT2D eigenvalue weighted by Crippen LogP contribution is 2.43. The van der Waals surface area contributed by atoms with E-state index in [1.54, 1.807) is 26.8 Å². The summed E-state index contributed by atoms with van der Waals surface area (Å²) in [6, 6.07) is 2.46. The number of hydrogen-bond acceptors (Lipinski definition) is 7. The maximum Gasteiger partial charge on any atom is 0.417 e. The Labute approximate surface area is 244 Å². The Morgan fingerprint density at radius 1 is 1.02 bits per heavy atom. The van der Waals surface area contributed by atoms with Crippen LogP contribution in [0.3, 0.4) is 0 Å². The number of rotatable bonds is 8. The van der Waals surface area contributed by atoms with Crippen LogP contribution in [0.4, 0.5) is 38.3 Å². The predicted molar refractivity (Wildman–Crippen MR) is 143 cm³/mol. The van der Waals surface area contributed by atoms with Gasteiger partial charge in [-0.15, -0.1) is 0 Å². The van der Waals surface area contributed by atoms with Gasteiger partial charge >= 0.3 is 30.7 Å². The van der Waals surface area contributed by atoms with Crippen molar-refractivity contribution in [1.82, 2.24) is 14.9 Å². The molecule has 4 rings (SSSR count). The molecule has 43 heavy (non-hydrogen) atoms. The molecule has 0 aromatic carbocycles. The van der Waals surface area contributed by atoms with Crippen molar-refractivity contribution in [1.29, 1.82) is 0 Å². The van der Waals surface area contributed by atoms with E-state index in [9.17, 15) is 36.3 Å². The number of hydrogen-bond donors (Lipinski definition) is 2. The van der Waals surface area contributed by atoms with E-state index in [1.165, 1.54) is 6.20 Å². The molecule has 2 fully saturated rings. The molecule has 2 aliphatic carbocycles. The van der Waals surface area contributed by atoms with Crippen molar-refractivity contribution in [2.45, 2.75) is 95.9 Å². The number of nitrogens with zero attached hydrogens (tertiary/aromatic N) is 3. The van der Waals surface area contributed by atoms with Crippen LogP contribution in [0.25, 0.3) is 0 Å². The third-order valence-corrected chi connectivity index (χ3v) is 6.85. The molecule has 2 N–H and O–H groups in total. The van der Waals surface area contributed by atoms with Crippen LogP contribution in [0.5, 0.6) is 0 Å². The molecule has 2 heterocycles. The Kier molecular flexibility index (Phi) is 9.52. The lowest BCUT2D eigenvalue weighted by Crippen LogP contribution is -2.49. The van der Waals surface area contributed by atoms with E-state index in [4.69, 9.17) is 9.47 Å². The molecule has 234 valence electrons. The summed E-state index contributed by atoms with van der Waals surface area (Å²) in [7, 11) is 0. The van der Waals surface area contributed by atoms with E-state index in [2.05, 4.69) is 20.6 Å². The smallest absolute Gasteiger partial charge is 0.417 e. The Balaban J connectivity index is 1.54. The highest BCUT2D eigenvalue weighted by Gasteiger charge is 2.40. The summed E-state index contributed by atoms with van der Waals surface area (Å²) in [4.78, 5) is 47.9. The molecule has 0 radical (unpaired) electrons. The molecular weight excluding hydrogens is 581 g/mol. The molecule has 0 saturated heterocycles. The van der Waals surface area contributed by atoms with E-state index in [0.717, 1.165) is 29.9 Å². The summed E-state index contributed by atoms with van der Waals surface area (Å²) in [5.74, 6) is -1.92. The maximum absolute atomic E-state index is 13.4. The number of pyridine rings is 2. The largest absolute Gasteiger partial charge is 0.444 e. The van der Waals surface area contributed by atoms with Gasteiger partial charge in [-0.25, -0.2) is 9.78 Å². The lowest BCUT2D eigenvalue weighted by atomic mass is 10.1. The SMILES string of the molecule is CC(C)(C)OC(=O)Nc1ncc(NC(=O)C(=O)N(Cc2ccc(C(F)(F)F)cn2)[C@@H]2CCC[C@H]2OC(F)F)cc1C1CC1. The van der Waals surface area contributed by atoms with Crippen LogP contribution in [-0.4, -0.2) is 57.1 Å². The van der Waals surface area contributed by atoms with Gasteiger partial charge in [-0.2, -0.15) is 22.0 Å². The zero-order chi connectivity index (χ0) is 31.5. The van der Waals surface area contributed by atoms with Crippen molar-refractivity contribution in [3.8, 4) is 0 Å². The van der Waals surface area contributed by atoms with Gasteiger partial charge in [0.25, 0.3) is 0 Å². The molecule has 15 heteroatoms. The fourth-order valence-electron chi connectivity index (χ4n) is 4.83. The first kappa shape index (κ1) is 32.0. The van der Waals surface area contributed by atoms with Crippen LogP contribution >= 0.6 is 0 Å². The number of ether oxygens (including phenoxy) is 2. The van der Waals surface area contributed by atoms with Crippen molar-refractivity contribution in [2.24, 2.45) is 0 Å². The Morgan fingerprint density at radius 2 is 1.74 bits per heavy atom. The molecule has 2 aromatic heterocycles. The Bertz CT molecular complexity index is 1330. The van der Waals surface area contributed by atoms with Crippen LogP contribution in [0.2, 0.25) is 0 Å². The Hall–Kier alpha value is -3.88. The lowest BCUT2D eigenvalue weighted by molar-refractivity contribution is -0.178. The van der Waals surface area contributed by atoms with Crippen molar-refractivity contribution < 1.29 is 45.8 Å². The first-order valence-electron chi connectivity index (χ1n) is 13.7. The second-order valence-electron chi connectivity index (χ2n) is 11.4. The fraction of sp³-hybridized carbons (Fsp3) is 0.536. The summed E-state index contributed by atoms with van der Waals surface area (Å²) in [6.07, 6.45) is -2.10. The van der Waals surface area contributed by atoms with Crippen molar-refractivity contribution >= 4 is 29.4 Å². The maximum atomic E-state index is 13.4. The number of carbonyl (C=O) groups is 3. The third-order valence-electron chi connectivity index (χ3n) is 6.85. The fourth-order valence-corrected chi connectivity index (χ4v) is 4.83. The summed E-state index contributed by atoms with van der Waals surface area (Å²) in [6.45, 7) is 1.59. The number of aromatic nitrogens is 2. The van der Waals surface area contributed by atoms with E-state index >= 15 is 0 Å². The second-order valence-corrected chi connectivity index (χ2v) is 11.4. The van der Waals surface area contributed by atoms with Gasteiger partial charge in [-0.05, 0) is 77.0 Å². The lowest BCUT2D eigenvalue weighted by Gasteiger charge is -2.32. The molecule has 0 bridgehead atoms. The van der Waals surface area contributed by atoms with E-state index in [1.807, 2.05) is 0 Å². The van der Waals surface area contributed by atoms with Crippen LogP contribution < -0.4 is 10.6 Å². The number of carbonyl (C=O) groups excluding carboxylic acids is 3. The molecule has 2 aliphatic rings. The minimum atomic E-state index is -4.63. The van der Waals surface area contributed by atoms with Gasteiger partial charge in [-0.1, -0.05) is 0 Å². The number of halogens is 5. The molecule has 0 unspecified atom stereocenters. The van der Waals surface area contributed by atoms with Crippen molar-refractivity contribution in [3.05, 3.63) is 47.4 Å². The zero-order valence-corrected chi connectivity index (χ0v) is 23.7. The van der Waals surface area contributed by atoms with Crippen LogP contribution in [-0.2, 0) is 31.8 Å². The molecule has 2 aromatic rings. The monoisotopic (exact) mass is 613 g/mol. The third kappa shape index (κ3) is 8.81. The molecule has 0 spiro atoms. The topological polar surface area (TPSA) is 123 Å². The van der Waals surface area contributed by atoms with E-state index in [0.29, 0.717) is 18.2 Å². The molecular formula is C28H32F5N5O5. The summed E-state index contributed by atoms with van der Waals surface area (Å²) < 4.78 is 75.1. The van der Waals surface area contributed by atoms with Gasteiger partial charge in [0.15, 0.2) is 0 Å². The van der Waals surface area contributed by atoms with Gasteiger partial charge in [-0.3, -0.25) is 19.9 Å². The standard InChI is InChI=1S/C28H32F5N5O5/c1-27(2,3)43-26(41)37-22-19(15-7-8-15)11-18(13-35-22)36-23(39)24(40)38(20-5-4-6-21(20)42-25(29)30)14-17-10-9-16(12-34-17)28(31,32)33/h9-13,15,20-21,25H,4-8,14H2,1-3H3,(H,36,39)(H,35,37,41)/t20-,21-/m1/s1. The average Bonchev–Trinajstić information content (AvgIpc) is 3.65. The number of nitrogens with one attached hydrogen (secondary N) is 2. The number of anilines is 2. The summed E-state index contributed by atoms with van der Waals surface area (Å²) in [5, 5.41) is 5.06. The molecule has 2 atom stereocenters. The highest BCUT2D eigenvalue weighted by atomic mass is 19.4. The summed E-state index contributed by atoms with van der Waals surface area (Å²) in [5.41, 5.74) is -0.946. The van der Waals surface area contributed by atoms with Gasteiger partial charge in [0.2, 0.25) is 0 Å². The first-order chi connectivity index (χ1) is 20.1. The normalized spacial score (nSPS) is 18.8. The van der Waals surface area contributed by atoms with E-state index < -0.39 is 60.6 Å². The minimum absolute atomic E-state index is 0.0205. The average molecular weight is 614 g/mol. The van der Waals surface area contributed by atoms with E-state index in [-0.39, 0.29) is 36.0 Å². The van der Waals surface area contributed by atoms with Crippen molar-refractivity contribution in [2.75, 3.05) is 10.6 Å². The first-order valence-corrected chi connectivity index (χ1v) is 13.7. The molecule has 2 saturated carbocycles. The van der Waals surface area contributed by atoms with Crippen LogP contribution in [0.1, 0.15) is 75.6 Å². The van der Waals surface area contributed by atoms with Gasteiger partial charge < -0.3 is 19.7 Å². The summed E-state index contributed by atoms with van der Waals surface area (Å²) >= 11 is 0.